The first-order valence-corrected chi connectivity index (χ1v) is 8.73. The van der Waals surface area contributed by atoms with Crippen LogP contribution in [0.1, 0.15) is 16.7 Å². The molecule has 0 spiro atoms. The molecule has 0 unspecified atom stereocenters. The average molecular weight is 476 g/mol. The molecule has 0 fully saturated rings. The molecule has 1 atom stereocenters. The van der Waals surface area contributed by atoms with E-state index in [2.05, 4.69) is 27.9 Å². The topological polar surface area (TPSA) is 72.2 Å². The molecule has 0 saturated heterocycles. The standard InChI is InChI=1S/C18H16F3IN2O2/c19-18(20,21)13-6-3-4-11(8-13)9-16(25)24-15(17(23)26)10-12-5-1-2-7-14(12)22/h1-8,15H,9-10H2,(H2,23,26)(H,24,25)/t15-/m1/s1. The SMILES string of the molecule is NC(=O)[C@@H](Cc1ccccc1I)NC(=O)Cc1cccc(C(F)(F)F)c1. The van der Waals surface area contributed by atoms with Crippen molar-refractivity contribution in [2.45, 2.75) is 25.1 Å². The van der Waals surface area contributed by atoms with Gasteiger partial charge in [0.2, 0.25) is 11.8 Å². The largest absolute Gasteiger partial charge is 0.416 e. The lowest BCUT2D eigenvalue weighted by Crippen LogP contribution is -2.46. The zero-order chi connectivity index (χ0) is 19.3. The molecule has 0 aliphatic rings. The minimum atomic E-state index is -4.48. The summed E-state index contributed by atoms with van der Waals surface area (Å²) in [6.45, 7) is 0. The Labute approximate surface area is 162 Å². The Kier molecular flexibility index (Phi) is 6.63. The van der Waals surface area contributed by atoms with Crippen LogP contribution in [0.2, 0.25) is 0 Å². The summed E-state index contributed by atoms with van der Waals surface area (Å²) in [7, 11) is 0. The molecule has 0 radical (unpaired) electrons. The van der Waals surface area contributed by atoms with Crippen molar-refractivity contribution < 1.29 is 22.8 Å². The normalized spacial score (nSPS) is 12.5. The number of primary amides is 1. The van der Waals surface area contributed by atoms with Crippen LogP contribution < -0.4 is 11.1 Å². The summed E-state index contributed by atoms with van der Waals surface area (Å²) < 4.78 is 39.1. The van der Waals surface area contributed by atoms with Crippen LogP contribution in [0.4, 0.5) is 13.2 Å². The number of carbonyl (C=O) groups excluding carboxylic acids is 2. The van der Waals surface area contributed by atoms with Crippen LogP contribution in [0.3, 0.4) is 0 Å². The van der Waals surface area contributed by atoms with Crippen molar-refractivity contribution >= 4 is 34.4 Å². The highest BCUT2D eigenvalue weighted by molar-refractivity contribution is 14.1. The van der Waals surface area contributed by atoms with E-state index in [-0.39, 0.29) is 18.4 Å². The number of nitrogens with one attached hydrogen (secondary N) is 1. The molecule has 2 amide bonds. The van der Waals surface area contributed by atoms with E-state index in [0.29, 0.717) is 0 Å². The molecule has 0 heterocycles. The first kappa shape index (κ1) is 20.2. The van der Waals surface area contributed by atoms with E-state index < -0.39 is 29.6 Å². The zero-order valence-electron chi connectivity index (χ0n) is 13.5. The molecule has 0 bridgehead atoms. The van der Waals surface area contributed by atoms with Gasteiger partial charge in [-0.05, 0) is 45.9 Å². The molecule has 4 nitrogen and oxygen atoms in total. The fourth-order valence-electron chi connectivity index (χ4n) is 2.39. The monoisotopic (exact) mass is 476 g/mol. The van der Waals surface area contributed by atoms with E-state index in [9.17, 15) is 22.8 Å². The summed E-state index contributed by atoms with van der Waals surface area (Å²) in [5.41, 5.74) is 5.57. The number of alkyl halides is 3. The maximum absolute atomic E-state index is 12.7. The third-order valence-electron chi connectivity index (χ3n) is 3.68. The highest BCUT2D eigenvalue weighted by Gasteiger charge is 2.30. The van der Waals surface area contributed by atoms with Crippen molar-refractivity contribution in [1.29, 1.82) is 0 Å². The van der Waals surface area contributed by atoms with Gasteiger partial charge in [0.1, 0.15) is 6.04 Å². The molecule has 2 aromatic rings. The number of hydrogen-bond acceptors (Lipinski definition) is 2. The predicted octanol–water partition coefficient (Wildman–Crippen LogP) is 3.07. The van der Waals surface area contributed by atoms with Crippen LogP contribution in [0.25, 0.3) is 0 Å². The summed E-state index contributed by atoms with van der Waals surface area (Å²) in [6.07, 6.45) is -4.55. The first-order valence-electron chi connectivity index (χ1n) is 7.65. The second-order valence-corrected chi connectivity index (χ2v) is 6.86. The molecule has 2 aromatic carbocycles. The molecule has 2 rings (SSSR count). The van der Waals surface area contributed by atoms with Gasteiger partial charge in [0.05, 0.1) is 12.0 Å². The summed E-state index contributed by atoms with van der Waals surface area (Å²) >= 11 is 2.11. The second-order valence-electron chi connectivity index (χ2n) is 5.69. The molecule has 26 heavy (non-hydrogen) atoms. The predicted molar refractivity (Wildman–Crippen MR) is 99.1 cm³/mol. The number of nitrogens with two attached hydrogens (primary N) is 1. The van der Waals surface area contributed by atoms with Crippen LogP contribution in [0.15, 0.2) is 48.5 Å². The molecule has 0 aliphatic heterocycles. The highest BCUT2D eigenvalue weighted by Crippen LogP contribution is 2.29. The van der Waals surface area contributed by atoms with Gasteiger partial charge in [-0.25, -0.2) is 0 Å². The minimum Gasteiger partial charge on any atom is -0.368 e. The van der Waals surface area contributed by atoms with E-state index in [4.69, 9.17) is 5.73 Å². The quantitative estimate of drug-likeness (QED) is 0.630. The number of hydrogen-bond donors (Lipinski definition) is 2. The van der Waals surface area contributed by atoms with E-state index in [1.165, 1.54) is 12.1 Å². The maximum atomic E-state index is 12.7. The number of benzene rings is 2. The van der Waals surface area contributed by atoms with E-state index >= 15 is 0 Å². The van der Waals surface area contributed by atoms with E-state index in [0.717, 1.165) is 21.3 Å². The molecule has 8 heteroatoms. The van der Waals surface area contributed by atoms with E-state index in [1.807, 2.05) is 18.2 Å². The van der Waals surface area contributed by atoms with Crippen LogP contribution in [-0.2, 0) is 28.6 Å². The zero-order valence-corrected chi connectivity index (χ0v) is 15.7. The summed E-state index contributed by atoms with van der Waals surface area (Å²) in [4.78, 5) is 23.8. The lowest BCUT2D eigenvalue weighted by atomic mass is 10.0. The molecule has 3 N–H and O–H groups in total. The van der Waals surface area contributed by atoms with Gasteiger partial charge >= 0.3 is 6.18 Å². The van der Waals surface area contributed by atoms with Crippen LogP contribution in [0, 0.1) is 3.57 Å². The maximum Gasteiger partial charge on any atom is 0.416 e. The lowest BCUT2D eigenvalue weighted by Gasteiger charge is -2.17. The molecule has 138 valence electrons. The third kappa shape index (κ3) is 5.72. The summed E-state index contributed by atoms with van der Waals surface area (Å²) in [6, 6.07) is 10.9. The Hall–Kier alpha value is -2.10. The van der Waals surface area contributed by atoms with Crippen molar-refractivity contribution in [3.05, 3.63) is 68.8 Å². The van der Waals surface area contributed by atoms with Crippen LogP contribution >= 0.6 is 22.6 Å². The van der Waals surface area contributed by atoms with Gasteiger partial charge in [0, 0.05) is 9.99 Å². The molecule has 0 aromatic heterocycles. The van der Waals surface area contributed by atoms with Gasteiger partial charge < -0.3 is 11.1 Å². The van der Waals surface area contributed by atoms with Crippen molar-refractivity contribution in [1.82, 2.24) is 5.32 Å². The van der Waals surface area contributed by atoms with E-state index in [1.54, 1.807) is 6.07 Å². The van der Waals surface area contributed by atoms with Crippen LogP contribution in [0.5, 0.6) is 0 Å². The van der Waals surface area contributed by atoms with Gasteiger partial charge in [-0.3, -0.25) is 9.59 Å². The van der Waals surface area contributed by atoms with Gasteiger partial charge in [0.25, 0.3) is 0 Å². The van der Waals surface area contributed by atoms with Crippen LogP contribution in [-0.4, -0.2) is 17.9 Å². The van der Waals surface area contributed by atoms with Gasteiger partial charge in [-0.1, -0.05) is 36.4 Å². The summed E-state index contributed by atoms with van der Waals surface area (Å²) in [5, 5.41) is 2.50. The fourth-order valence-corrected chi connectivity index (χ4v) is 3.00. The number of rotatable bonds is 6. The number of halogens is 4. The molecular formula is C18H16F3IN2O2. The molecule has 0 aliphatic carbocycles. The van der Waals surface area contributed by atoms with Crippen molar-refractivity contribution in [3.63, 3.8) is 0 Å². The summed E-state index contributed by atoms with van der Waals surface area (Å²) in [5.74, 6) is -1.28. The molecular weight excluding hydrogens is 460 g/mol. The third-order valence-corrected chi connectivity index (χ3v) is 4.73. The van der Waals surface area contributed by atoms with Gasteiger partial charge in [-0.2, -0.15) is 13.2 Å². The highest BCUT2D eigenvalue weighted by atomic mass is 127. The van der Waals surface area contributed by atoms with Crippen molar-refractivity contribution in [3.8, 4) is 0 Å². The van der Waals surface area contributed by atoms with Gasteiger partial charge in [-0.15, -0.1) is 0 Å². The molecule has 0 saturated carbocycles. The first-order chi connectivity index (χ1) is 12.2. The van der Waals surface area contributed by atoms with Crippen molar-refractivity contribution in [2.24, 2.45) is 5.73 Å². The Morgan fingerprint density at radius 1 is 1.12 bits per heavy atom. The number of carbonyl (C=O) groups is 2. The Balaban J connectivity index is 2.07. The second kappa shape index (κ2) is 8.52. The smallest absolute Gasteiger partial charge is 0.368 e. The van der Waals surface area contributed by atoms with Crippen molar-refractivity contribution in [2.75, 3.05) is 0 Å². The minimum absolute atomic E-state index is 0.204. The average Bonchev–Trinajstić information content (AvgIpc) is 2.55. The fraction of sp³-hybridized carbons (Fsp3) is 0.222. The number of amides is 2. The Bertz CT molecular complexity index is 809. The lowest BCUT2D eigenvalue weighted by molar-refractivity contribution is -0.137. The Morgan fingerprint density at radius 2 is 1.81 bits per heavy atom. The van der Waals surface area contributed by atoms with Gasteiger partial charge in [0.15, 0.2) is 0 Å². The Morgan fingerprint density at radius 3 is 2.42 bits per heavy atom.